The molecule has 0 unspecified atom stereocenters. The van der Waals surface area contributed by atoms with Gasteiger partial charge in [-0.3, -0.25) is 4.79 Å². The highest BCUT2D eigenvalue weighted by Gasteiger charge is 2.25. The number of piperazine rings is 1. The van der Waals surface area contributed by atoms with Crippen molar-refractivity contribution in [1.29, 1.82) is 0 Å². The average Bonchev–Trinajstić information content (AvgIpc) is 3.35. The normalized spacial score (nSPS) is 13.9. The van der Waals surface area contributed by atoms with Crippen molar-refractivity contribution in [2.24, 2.45) is 0 Å². The zero-order valence-corrected chi connectivity index (χ0v) is 19.8. The molecule has 7 nitrogen and oxygen atoms in total. The van der Waals surface area contributed by atoms with Gasteiger partial charge in [0.25, 0.3) is 5.91 Å². The minimum absolute atomic E-state index is 0.112. The van der Waals surface area contributed by atoms with Crippen molar-refractivity contribution >= 4 is 45.7 Å². The molecule has 34 heavy (non-hydrogen) atoms. The van der Waals surface area contributed by atoms with Crippen LogP contribution in [0.15, 0.2) is 65.3 Å². The number of nitrogens with zero attached hydrogens (tertiary/aromatic N) is 3. The van der Waals surface area contributed by atoms with Crippen LogP contribution in [0.25, 0.3) is 11.0 Å². The fourth-order valence-corrected chi connectivity index (χ4v) is 4.38. The monoisotopic (exact) mass is 476 g/mol. The van der Waals surface area contributed by atoms with Crippen molar-refractivity contribution in [2.45, 2.75) is 6.92 Å². The Hall–Kier alpha value is -3.71. The Morgan fingerprint density at radius 3 is 2.56 bits per heavy atom. The SMILES string of the molecule is COc1ccc(Nc2nc(C(=O)N3CCN(c4cc(Cl)ccc4C)CC3)cc3occc23)cc1. The zero-order chi connectivity index (χ0) is 23.7. The van der Waals surface area contributed by atoms with Crippen molar-refractivity contribution < 1.29 is 13.9 Å². The van der Waals surface area contributed by atoms with E-state index in [1.54, 1.807) is 19.4 Å². The number of ether oxygens (including phenoxy) is 1. The molecule has 1 amide bonds. The van der Waals surface area contributed by atoms with E-state index in [2.05, 4.69) is 22.1 Å². The number of aryl methyl sites for hydroxylation is 1. The van der Waals surface area contributed by atoms with Gasteiger partial charge in [0, 0.05) is 48.6 Å². The van der Waals surface area contributed by atoms with E-state index in [4.69, 9.17) is 20.8 Å². The van der Waals surface area contributed by atoms with E-state index in [0.29, 0.717) is 35.2 Å². The summed E-state index contributed by atoms with van der Waals surface area (Å²) >= 11 is 6.20. The first-order chi connectivity index (χ1) is 16.5. The molecule has 174 valence electrons. The van der Waals surface area contributed by atoms with Crippen molar-refractivity contribution in [2.75, 3.05) is 43.5 Å². The maximum atomic E-state index is 13.4. The maximum Gasteiger partial charge on any atom is 0.272 e. The van der Waals surface area contributed by atoms with E-state index in [-0.39, 0.29) is 5.91 Å². The predicted octanol–water partition coefficient (Wildman–Crippen LogP) is 5.50. The van der Waals surface area contributed by atoms with E-state index in [9.17, 15) is 4.79 Å². The molecular formula is C26H25ClN4O3. The van der Waals surface area contributed by atoms with Crippen LogP contribution < -0.4 is 15.0 Å². The smallest absolute Gasteiger partial charge is 0.272 e. The maximum absolute atomic E-state index is 13.4. The lowest BCUT2D eigenvalue weighted by atomic mass is 10.1. The third kappa shape index (κ3) is 4.39. The summed E-state index contributed by atoms with van der Waals surface area (Å²) < 4.78 is 10.8. The zero-order valence-electron chi connectivity index (χ0n) is 19.0. The summed E-state index contributed by atoms with van der Waals surface area (Å²) in [5.74, 6) is 1.23. The minimum Gasteiger partial charge on any atom is -0.497 e. The van der Waals surface area contributed by atoms with Gasteiger partial charge in [-0.25, -0.2) is 4.98 Å². The first-order valence-corrected chi connectivity index (χ1v) is 11.5. The lowest BCUT2D eigenvalue weighted by molar-refractivity contribution is 0.0741. The van der Waals surface area contributed by atoms with Crippen molar-refractivity contribution in [3.63, 3.8) is 0 Å². The number of rotatable bonds is 5. The number of hydrogen-bond donors (Lipinski definition) is 1. The van der Waals surface area contributed by atoms with Crippen LogP contribution in [0.2, 0.25) is 5.02 Å². The number of amides is 1. The van der Waals surface area contributed by atoms with E-state index >= 15 is 0 Å². The van der Waals surface area contributed by atoms with Gasteiger partial charge in [-0.05, 0) is 55.0 Å². The van der Waals surface area contributed by atoms with Gasteiger partial charge >= 0.3 is 0 Å². The summed E-state index contributed by atoms with van der Waals surface area (Å²) in [5.41, 5.74) is 4.09. The molecule has 0 radical (unpaired) electrons. The Kier molecular flexibility index (Phi) is 6.02. The van der Waals surface area contributed by atoms with Crippen LogP contribution in [0.3, 0.4) is 0 Å². The molecule has 2 aromatic carbocycles. The highest BCUT2D eigenvalue weighted by atomic mass is 35.5. The molecule has 4 aromatic rings. The van der Waals surface area contributed by atoms with Gasteiger partial charge in [-0.2, -0.15) is 0 Å². The number of carbonyl (C=O) groups excluding carboxylic acids is 1. The minimum atomic E-state index is -0.112. The summed E-state index contributed by atoms with van der Waals surface area (Å²) in [6.45, 7) is 4.73. The molecule has 5 rings (SSSR count). The number of halogens is 1. The first-order valence-electron chi connectivity index (χ1n) is 11.1. The third-order valence-electron chi connectivity index (χ3n) is 6.10. The molecule has 0 aliphatic carbocycles. The number of nitrogens with one attached hydrogen (secondary N) is 1. The quantitative estimate of drug-likeness (QED) is 0.410. The topological polar surface area (TPSA) is 70.8 Å². The van der Waals surface area contributed by atoms with Gasteiger partial charge in [0.15, 0.2) is 0 Å². The molecule has 1 N–H and O–H groups in total. The average molecular weight is 477 g/mol. The van der Waals surface area contributed by atoms with E-state index in [0.717, 1.165) is 35.6 Å². The Morgan fingerprint density at radius 1 is 1.06 bits per heavy atom. The van der Waals surface area contributed by atoms with Gasteiger partial charge in [0.05, 0.1) is 18.8 Å². The summed E-state index contributed by atoms with van der Waals surface area (Å²) in [7, 11) is 1.63. The van der Waals surface area contributed by atoms with Gasteiger partial charge in [0.1, 0.15) is 22.8 Å². The fraction of sp³-hybridized carbons (Fsp3) is 0.231. The highest BCUT2D eigenvalue weighted by Crippen LogP contribution is 2.29. The molecule has 0 atom stereocenters. The third-order valence-corrected chi connectivity index (χ3v) is 6.34. The van der Waals surface area contributed by atoms with Crippen LogP contribution in [0.4, 0.5) is 17.2 Å². The molecule has 1 saturated heterocycles. The molecule has 0 bridgehead atoms. The number of aromatic nitrogens is 1. The lowest BCUT2D eigenvalue weighted by Crippen LogP contribution is -2.49. The Labute approximate surface area is 202 Å². The molecule has 1 aliphatic rings. The van der Waals surface area contributed by atoms with Crippen LogP contribution >= 0.6 is 11.6 Å². The van der Waals surface area contributed by atoms with E-state index < -0.39 is 0 Å². The highest BCUT2D eigenvalue weighted by molar-refractivity contribution is 6.30. The molecule has 8 heteroatoms. The van der Waals surface area contributed by atoms with Crippen molar-refractivity contribution in [3.8, 4) is 5.75 Å². The Balaban J connectivity index is 1.35. The number of furan rings is 1. The number of methoxy groups -OCH3 is 1. The summed E-state index contributed by atoms with van der Waals surface area (Å²) in [6, 6.07) is 17.0. The Bertz CT molecular complexity index is 1330. The second-order valence-corrected chi connectivity index (χ2v) is 8.69. The van der Waals surface area contributed by atoms with Crippen LogP contribution in [0.1, 0.15) is 16.1 Å². The number of anilines is 3. The molecule has 0 spiro atoms. The lowest BCUT2D eigenvalue weighted by Gasteiger charge is -2.36. The first kappa shape index (κ1) is 22.1. The van der Waals surface area contributed by atoms with Crippen LogP contribution in [-0.2, 0) is 0 Å². The number of fused-ring (bicyclic) bond motifs is 1. The molecule has 1 fully saturated rings. The standard InChI is InChI=1S/C26H25ClN4O3/c1-17-3-4-18(27)15-23(17)30-10-12-31(13-11-30)26(32)22-16-24-21(9-14-34-24)25(29-22)28-19-5-7-20(33-2)8-6-19/h3-9,14-16H,10-13H2,1-2H3,(H,28,29). The van der Waals surface area contributed by atoms with Gasteiger partial charge < -0.3 is 24.3 Å². The molecule has 2 aromatic heterocycles. The van der Waals surface area contributed by atoms with Crippen molar-refractivity contribution in [3.05, 3.63) is 77.1 Å². The van der Waals surface area contributed by atoms with Crippen LogP contribution in [-0.4, -0.2) is 49.1 Å². The fourth-order valence-electron chi connectivity index (χ4n) is 4.22. The number of benzene rings is 2. The number of hydrogen-bond acceptors (Lipinski definition) is 6. The number of carbonyl (C=O) groups is 1. The van der Waals surface area contributed by atoms with Crippen molar-refractivity contribution in [1.82, 2.24) is 9.88 Å². The van der Waals surface area contributed by atoms with E-state index in [1.165, 1.54) is 5.56 Å². The molecule has 1 aliphatic heterocycles. The van der Waals surface area contributed by atoms with E-state index in [1.807, 2.05) is 53.4 Å². The van der Waals surface area contributed by atoms with Crippen LogP contribution in [0.5, 0.6) is 5.75 Å². The summed E-state index contributed by atoms with van der Waals surface area (Å²) in [5, 5.41) is 4.83. The molecule has 0 saturated carbocycles. The molecular weight excluding hydrogens is 452 g/mol. The van der Waals surface area contributed by atoms with Gasteiger partial charge in [0.2, 0.25) is 0 Å². The Morgan fingerprint density at radius 2 is 1.82 bits per heavy atom. The van der Waals surface area contributed by atoms with Gasteiger partial charge in [-0.1, -0.05) is 17.7 Å². The number of pyridine rings is 1. The summed E-state index contributed by atoms with van der Waals surface area (Å²) in [6.07, 6.45) is 1.60. The second kappa shape index (κ2) is 9.27. The predicted molar refractivity (Wildman–Crippen MR) is 135 cm³/mol. The molecule has 3 heterocycles. The van der Waals surface area contributed by atoms with Crippen LogP contribution in [0, 0.1) is 6.92 Å². The summed E-state index contributed by atoms with van der Waals surface area (Å²) in [4.78, 5) is 22.1. The van der Waals surface area contributed by atoms with Gasteiger partial charge in [-0.15, -0.1) is 0 Å². The largest absolute Gasteiger partial charge is 0.497 e. The second-order valence-electron chi connectivity index (χ2n) is 8.25.